The largest absolute Gasteiger partial charge is 0.364 e. The van der Waals surface area contributed by atoms with Gasteiger partial charge in [0.2, 0.25) is 5.95 Å². The van der Waals surface area contributed by atoms with Crippen molar-refractivity contribution in [2.24, 2.45) is 0 Å². The first-order valence-corrected chi connectivity index (χ1v) is 7.08. The molecule has 0 atom stereocenters. The number of nitrogens with zero attached hydrogens (tertiary/aromatic N) is 3. The Kier molecular flexibility index (Phi) is 3.87. The molecule has 3 N–H and O–H groups in total. The molecule has 0 amide bonds. The van der Waals surface area contributed by atoms with Crippen molar-refractivity contribution in [1.82, 2.24) is 19.9 Å². The summed E-state index contributed by atoms with van der Waals surface area (Å²) in [7, 11) is 0. The summed E-state index contributed by atoms with van der Waals surface area (Å²) in [6, 6.07) is 7.71. The van der Waals surface area contributed by atoms with Crippen LogP contribution in [-0.4, -0.2) is 26.5 Å². The van der Waals surface area contributed by atoms with Gasteiger partial charge in [0.1, 0.15) is 5.52 Å². The Morgan fingerprint density at radius 2 is 2.05 bits per heavy atom. The Labute approximate surface area is 127 Å². The van der Waals surface area contributed by atoms with Crippen molar-refractivity contribution in [1.29, 1.82) is 0 Å². The number of halogens is 1. The van der Waals surface area contributed by atoms with E-state index in [0.29, 0.717) is 24.0 Å². The van der Waals surface area contributed by atoms with Gasteiger partial charge < -0.3 is 15.6 Å². The highest BCUT2D eigenvalue weighted by Gasteiger charge is 2.10. The molecule has 2 heterocycles. The molecule has 3 rings (SSSR count). The highest BCUT2D eigenvalue weighted by Crippen LogP contribution is 2.21. The van der Waals surface area contributed by atoms with Crippen LogP contribution in [0.3, 0.4) is 0 Å². The van der Waals surface area contributed by atoms with Crippen LogP contribution in [0.4, 0.5) is 11.8 Å². The van der Waals surface area contributed by atoms with E-state index in [0.717, 1.165) is 22.6 Å². The topological polar surface area (TPSA) is 78.5 Å². The smallest absolute Gasteiger partial charge is 0.226 e. The molecule has 0 aliphatic carbocycles. The molecule has 0 unspecified atom stereocenters. The molecular weight excluding hydrogens is 288 g/mol. The Balaban J connectivity index is 1.89. The summed E-state index contributed by atoms with van der Waals surface area (Å²) >= 11 is 6.16. The number of benzene rings is 1. The van der Waals surface area contributed by atoms with Crippen molar-refractivity contribution in [3.8, 4) is 0 Å². The van der Waals surface area contributed by atoms with Crippen LogP contribution in [0.2, 0.25) is 5.02 Å². The van der Waals surface area contributed by atoms with Crippen LogP contribution in [-0.2, 0) is 6.54 Å². The van der Waals surface area contributed by atoms with E-state index in [-0.39, 0.29) is 0 Å². The number of H-pyrrole nitrogens is 1. The van der Waals surface area contributed by atoms with Crippen LogP contribution in [0.15, 0.2) is 30.6 Å². The second-order valence-electron chi connectivity index (χ2n) is 4.47. The molecule has 0 bridgehead atoms. The zero-order chi connectivity index (χ0) is 14.7. The molecule has 21 heavy (non-hydrogen) atoms. The monoisotopic (exact) mass is 302 g/mol. The van der Waals surface area contributed by atoms with Crippen LogP contribution in [0, 0.1) is 0 Å². The summed E-state index contributed by atoms with van der Waals surface area (Å²) in [5.74, 6) is 1.26. The SMILES string of the molecule is CCNc1nc(NCc2ccccc2Cl)c2[nH]cnc2n1. The molecule has 108 valence electrons. The fourth-order valence-electron chi connectivity index (χ4n) is 2.02. The van der Waals surface area contributed by atoms with E-state index in [2.05, 4.69) is 30.6 Å². The molecule has 2 aromatic heterocycles. The molecule has 7 heteroatoms. The average Bonchev–Trinajstić information content (AvgIpc) is 2.95. The van der Waals surface area contributed by atoms with Gasteiger partial charge >= 0.3 is 0 Å². The summed E-state index contributed by atoms with van der Waals surface area (Å²) in [5, 5.41) is 7.11. The molecule has 0 fully saturated rings. The molecule has 0 saturated carbocycles. The van der Waals surface area contributed by atoms with Crippen molar-refractivity contribution in [3.05, 3.63) is 41.2 Å². The predicted octanol–water partition coefficient (Wildman–Crippen LogP) is 3.05. The summed E-state index contributed by atoms with van der Waals surface area (Å²) in [4.78, 5) is 16.0. The number of aromatic amines is 1. The van der Waals surface area contributed by atoms with Crippen LogP contribution in [0.1, 0.15) is 12.5 Å². The normalized spacial score (nSPS) is 10.8. The summed E-state index contributed by atoms with van der Waals surface area (Å²) in [6.07, 6.45) is 1.61. The second-order valence-corrected chi connectivity index (χ2v) is 4.88. The average molecular weight is 303 g/mol. The third-order valence-corrected chi connectivity index (χ3v) is 3.39. The quantitative estimate of drug-likeness (QED) is 0.675. The van der Waals surface area contributed by atoms with E-state index in [9.17, 15) is 0 Å². The van der Waals surface area contributed by atoms with Gasteiger partial charge in [0.05, 0.1) is 6.33 Å². The van der Waals surface area contributed by atoms with Crippen LogP contribution in [0.25, 0.3) is 11.2 Å². The van der Waals surface area contributed by atoms with Crippen molar-refractivity contribution < 1.29 is 0 Å². The number of nitrogens with one attached hydrogen (secondary N) is 3. The van der Waals surface area contributed by atoms with Gasteiger partial charge in [-0.3, -0.25) is 0 Å². The third-order valence-electron chi connectivity index (χ3n) is 3.02. The van der Waals surface area contributed by atoms with Gasteiger partial charge in [-0.1, -0.05) is 29.8 Å². The lowest BCUT2D eigenvalue weighted by molar-refractivity contribution is 1.07. The van der Waals surface area contributed by atoms with E-state index >= 15 is 0 Å². The maximum atomic E-state index is 6.16. The van der Waals surface area contributed by atoms with Gasteiger partial charge in [-0.25, -0.2) is 4.98 Å². The Hall–Kier alpha value is -2.34. The van der Waals surface area contributed by atoms with Crippen molar-refractivity contribution in [2.45, 2.75) is 13.5 Å². The molecule has 0 aliphatic rings. The fraction of sp³-hybridized carbons (Fsp3) is 0.214. The lowest BCUT2D eigenvalue weighted by Crippen LogP contribution is -2.07. The lowest BCUT2D eigenvalue weighted by atomic mass is 10.2. The second kappa shape index (κ2) is 5.97. The van der Waals surface area contributed by atoms with Gasteiger partial charge in [0.25, 0.3) is 0 Å². The van der Waals surface area contributed by atoms with Crippen LogP contribution >= 0.6 is 11.6 Å². The Bertz CT molecular complexity index is 754. The van der Waals surface area contributed by atoms with E-state index in [4.69, 9.17) is 11.6 Å². The Morgan fingerprint density at radius 1 is 1.19 bits per heavy atom. The molecule has 3 aromatic rings. The predicted molar refractivity (Wildman–Crippen MR) is 84.6 cm³/mol. The minimum atomic E-state index is 0.554. The summed E-state index contributed by atoms with van der Waals surface area (Å²) in [5.41, 5.74) is 2.42. The summed E-state index contributed by atoms with van der Waals surface area (Å²) < 4.78 is 0. The molecule has 0 aliphatic heterocycles. The number of aromatic nitrogens is 4. The van der Waals surface area contributed by atoms with Gasteiger partial charge in [0.15, 0.2) is 11.5 Å². The van der Waals surface area contributed by atoms with Crippen molar-refractivity contribution in [2.75, 3.05) is 17.2 Å². The maximum Gasteiger partial charge on any atom is 0.226 e. The number of rotatable bonds is 5. The molecule has 0 saturated heterocycles. The number of anilines is 2. The van der Waals surface area contributed by atoms with Gasteiger partial charge in [-0.15, -0.1) is 0 Å². The molecule has 0 radical (unpaired) electrons. The standard InChI is InChI=1S/C14H15ClN6/c1-2-16-14-20-12(11-13(21-14)19-8-18-11)17-7-9-5-3-4-6-10(9)15/h3-6,8H,2,7H2,1H3,(H3,16,17,18,19,20,21). The fourth-order valence-corrected chi connectivity index (χ4v) is 2.22. The van der Waals surface area contributed by atoms with E-state index in [1.165, 1.54) is 0 Å². The molecule has 0 spiro atoms. The van der Waals surface area contributed by atoms with Crippen molar-refractivity contribution >= 4 is 34.5 Å². The van der Waals surface area contributed by atoms with Crippen LogP contribution < -0.4 is 10.6 Å². The van der Waals surface area contributed by atoms with E-state index < -0.39 is 0 Å². The van der Waals surface area contributed by atoms with Gasteiger partial charge in [0, 0.05) is 18.1 Å². The molecule has 1 aromatic carbocycles. The first-order chi connectivity index (χ1) is 10.3. The summed E-state index contributed by atoms with van der Waals surface area (Å²) in [6.45, 7) is 3.32. The number of imidazole rings is 1. The zero-order valence-corrected chi connectivity index (χ0v) is 12.3. The third kappa shape index (κ3) is 2.90. The molecule has 6 nitrogen and oxygen atoms in total. The van der Waals surface area contributed by atoms with Crippen LogP contribution in [0.5, 0.6) is 0 Å². The number of hydrogen-bond donors (Lipinski definition) is 3. The maximum absolute atomic E-state index is 6.16. The highest BCUT2D eigenvalue weighted by molar-refractivity contribution is 6.31. The van der Waals surface area contributed by atoms with Gasteiger partial charge in [-0.2, -0.15) is 9.97 Å². The van der Waals surface area contributed by atoms with Gasteiger partial charge in [-0.05, 0) is 18.6 Å². The van der Waals surface area contributed by atoms with E-state index in [1.54, 1.807) is 6.33 Å². The minimum absolute atomic E-state index is 0.554. The zero-order valence-electron chi connectivity index (χ0n) is 11.5. The number of fused-ring (bicyclic) bond motifs is 1. The van der Waals surface area contributed by atoms with E-state index in [1.807, 2.05) is 31.2 Å². The minimum Gasteiger partial charge on any atom is -0.364 e. The molecular formula is C14H15ClN6. The highest BCUT2D eigenvalue weighted by atomic mass is 35.5. The Morgan fingerprint density at radius 3 is 2.86 bits per heavy atom. The van der Waals surface area contributed by atoms with Crippen molar-refractivity contribution in [3.63, 3.8) is 0 Å². The first-order valence-electron chi connectivity index (χ1n) is 6.70. The first kappa shape index (κ1) is 13.6. The number of hydrogen-bond acceptors (Lipinski definition) is 5. The lowest BCUT2D eigenvalue weighted by Gasteiger charge is -2.09.